The van der Waals surface area contributed by atoms with Gasteiger partial charge in [-0.25, -0.2) is 4.98 Å². The Kier molecular flexibility index (Phi) is 7.33. The molecule has 0 spiro atoms. The van der Waals surface area contributed by atoms with E-state index < -0.39 is 6.04 Å². The first-order valence-electron chi connectivity index (χ1n) is 12.9. The fourth-order valence-electron chi connectivity index (χ4n) is 4.98. The van der Waals surface area contributed by atoms with Gasteiger partial charge in [-0.3, -0.25) is 14.2 Å². The van der Waals surface area contributed by atoms with Crippen LogP contribution < -0.4 is 5.56 Å². The summed E-state index contributed by atoms with van der Waals surface area (Å²) in [4.78, 5) is 34.6. The number of carbonyl (C=O) groups excluding carboxylic acids is 1. The molecule has 0 aliphatic heterocycles. The van der Waals surface area contributed by atoms with Crippen molar-refractivity contribution >= 4 is 27.6 Å². The number of hydrogen-bond acceptors (Lipinski definition) is 4. The van der Waals surface area contributed by atoms with E-state index in [1.54, 1.807) is 22.6 Å². The number of carbonyl (C=O) groups is 1. The second-order valence-electron chi connectivity index (χ2n) is 9.34. The van der Waals surface area contributed by atoms with E-state index in [0.29, 0.717) is 35.4 Å². The van der Waals surface area contributed by atoms with Gasteiger partial charge in [0, 0.05) is 19.2 Å². The molecule has 1 heterocycles. The average molecular weight is 506 g/mol. The summed E-state index contributed by atoms with van der Waals surface area (Å²) in [5, 5.41) is 2.61. The Balaban J connectivity index is 1.68. The molecule has 0 saturated heterocycles. The fourth-order valence-corrected chi connectivity index (χ4v) is 4.98. The number of fused-ring (bicyclic) bond motifs is 2. The molecule has 192 valence electrons. The zero-order valence-electron chi connectivity index (χ0n) is 21.9. The molecule has 5 rings (SSSR count). The van der Waals surface area contributed by atoms with Crippen LogP contribution >= 0.6 is 0 Å². The first-order chi connectivity index (χ1) is 18.5. The second-order valence-corrected chi connectivity index (χ2v) is 9.34. The maximum Gasteiger partial charge on any atom is 0.266 e. The quantitative estimate of drug-likeness (QED) is 0.261. The Bertz CT molecular complexity index is 1670. The Morgan fingerprint density at radius 1 is 0.947 bits per heavy atom. The minimum atomic E-state index is -0.508. The van der Waals surface area contributed by atoms with Crippen molar-refractivity contribution in [3.63, 3.8) is 0 Å². The van der Waals surface area contributed by atoms with Crippen molar-refractivity contribution in [3.8, 4) is 5.69 Å². The van der Waals surface area contributed by atoms with Crippen molar-refractivity contribution in [2.75, 3.05) is 20.3 Å². The molecule has 6 heteroatoms. The van der Waals surface area contributed by atoms with Crippen LogP contribution in [0.3, 0.4) is 0 Å². The number of aryl methyl sites for hydroxylation is 1. The summed E-state index contributed by atoms with van der Waals surface area (Å²) in [6.45, 7) is 4.69. The van der Waals surface area contributed by atoms with Gasteiger partial charge in [0.15, 0.2) is 0 Å². The summed E-state index contributed by atoms with van der Waals surface area (Å²) in [5.74, 6) is 0.373. The standard InChI is InChI=1S/C32H31N3O3/c1-4-23-11-7-10-16-29(23)35-30(33-28-15-9-8-14-27(28)32(35)37)22(2)34(19-20-38-3)31(36)26-18-17-24-12-5-6-13-25(24)21-26/h5-18,21-22H,4,19-20H2,1-3H3. The van der Waals surface area contributed by atoms with Crippen LogP contribution in [0.25, 0.3) is 27.4 Å². The molecule has 1 aromatic heterocycles. The molecule has 0 N–H and O–H groups in total. The number of ether oxygens (including phenoxy) is 1. The fraction of sp³-hybridized carbons (Fsp3) is 0.219. The van der Waals surface area contributed by atoms with Gasteiger partial charge < -0.3 is 9.64 Å². The van der Waals surface area contributed by atoms with E-state index in [-0.39, 0.29) is 11.5 Å². The van der Waals surface area contributed by atoms with Gasteiger partial charge in [0.1, 0.15) is 5.82 Å². The second kappa shape index (κ2) is 11.0. The van der Waals surface area contributed by atoms with E-state index >= 15 is 0 Å². The lowest BCUT2D eigenvalue weighted by Crippen LogP contribution is -2.39. The Morgan fingerprint density at radius 3 is 2.45 bits per heavy atom. The van der Waals surface area contributed by atoms with Crippen LogP contribution in [-0.2, 0) is 11.2 Å². The molecular weight excluding hydrogens is 474 g/mol. The van der Waals surface area contributed by atoms with Crippen LogP contribution in [0.15, 0.2) is 95.8 Å². The minimum absolute atomic E-state index is 0.141. The highest BCUT2D eigenvalue weighted by molar-refractivity contribution is 5.98. The highest BCUT2D eigenvalue weighted by Crippen LogP contribution is 2.27. The van der Waals surface area contributed by atoms with Gasteiger partial charge in [-0.15, -0.1) is 0 Å². The van der Waals surface area contributed by atoms with Crippen LogP contribution in [0.4, 0.5) is 0 Å². The van der Waals surface area contributed by atoms with Crippen molar-refractivity contribution in [2.24, 2.45) is 0 Å². The normalized spacial score (nSPS) is 12.1. The maximum atomic E-state index is 14.0. The molecule has 5 aromatic rings. The molecule has 1 amide bonds. The van der Waals surface area contributed by atoms with E-state index in [0.717, 1.165) is 28.4 Å². The molecule has 1 atom stereocenters. The molecule has 0 aliphatic carbocycles. The summed E-state index contributed by atoms with van der Waals surface area (Å²) >= 11 is 0. The van der Waals surface area contributed by atoms with E-state index in [4.69, 9.17) is 9.72 Å². The largest absolute Gasteiger partial charge is 0.383 e. The van der Waals surface area contributed by atoms with E-state index in [1.165, 1.54) is 0 Å². The van der Waals surface area contributed by atoms with E-state index in [2.05, 4.69) is 6.92 Å². The van der Waals surface area contributed by atoms with Gasteiger partial charge in [0.05, 0.1) is 29.2 Å². The first-order valence-corrected chi connectivity index (χ1v) is 12.9. The summed E-state index contributed by atoms with van der Waals surface area (Å²) in [7, 11) is 1.62. The highest BCUT2D eigenvalue weighted by Gasteiger charge is 2.28. The third-order valence-electron chi connectivity index (χ3n) is 7.05. The van der Waals surface area contributed by atoms with Crippen LogP contribution in [0, 0.1) is 0 Å². The van der Waals surface area contributed by atoms with E-state index in [9.17, 15) is 9.59 Å². The van der Waals surface area contributed by atoms with Gasteiger partial charge in [0.25, 0.3) is 11.5 Å². The number of nitrogens with zero attached hydrogens (tertiary/aromatic N) is 3. The Hall–Kier alpha value is -4.29. The van der Waals surface area contributed by atoms with Crippen molar-refractivity contribution in [3.05, 3.63) is 118 Å². The molecule has 4 aromatic carbocycles. The summed E-state index contributed by atoms with van der Waals surface area (Å²) in [6.07, 6.45) is 0.757. The van der Waals surface area contributed by atoms with Crippen molar-refractivity contribution < 1.29 is 9.53 Å². The predicted octanol–water partition coefficient (Wildman–Crippen LogP) is 5.95. The van der Waals surface area contributed by atoms with Gasteiger partial charge >= 0.3 is 0 Å². The number of benzene rings is 4. The molecule has 0 aliphatic rings. The first kappa shape index (κ1) is 25.4. The van der Waals surface area contributed by atoms with Gasteiger partial charge in [0.2, 0.25) is 0 Å². The highest BCUT2D eigenvalue weighted by atomic mass is 16.5. The summed E-state index contributed by atoms with van der Waals surface area (Å²) in [6, 6.07) is 28.4. The van der Waals surface area contributed by atoms with Crippen LogP contribution in [0.1, 0.15) is 41.6 Å². The topological polar surface area (TPSA) is 64.4 Å². The molecule has 1 unspecified atom stereocenters. The molecule has 0 bridgehead atoms. The maximum absolute atomic E-state index is 14.0. The van der Waals surface area contributed by atoms with Crippen molar-refractivity contribution in [1.82, 2.24) is 14.5 Å². The Labute approximate surface area is 222 Å². The summed E-state index contributed by atoms with van der Waals surface area (Å²) < 4.78 is 7.06. The number of rotatable bonds is 8. The number of hydrogen-bond donors (Lipinski definition) is 0. The lowest BCUT2D eigenvalue weighted by molar-refractivity contribution is 0.0605. The van der Waals surface area contributed by atoms with Crippen molar-refractivity contribution in [1.29, 1.82) is 0 Å². The molecule has 0 saturated carbocycles. The summed E-state index contributed by atoms with van der Waals surface area (Å²) in [5.41, 5.74) is 2.85. The smallest absolute Gasteiger partial charge is 0.266 e. The molecule has 0 radical (unpaired) electrons. The minimum Gasteiger partial charge on any atom is -0.383 e. The zero-order valence-corrected chi connectivity index (χ0v) is 21.9. The SMILES string of the molecule is CCc1ccccc1-n1c(C(C)N(CCOC)C(=O)c2ccc3ccccc3c2)nc2ccccc2c1=O. The van der Waals surface area contributed by atoms with Crippen molar-refractivity contribution in [2.45, 2.75) is 26.3 Å². The van der Waals surface area contributed by atoms with Crippen LogP contribution in [0.5, 0.6) is 0 Å². The van der Waals surface area contributed by atoms with Gasteiger partial charge in [-0.2, -0.15) is 0 Å². The molecule has 6 nitrogen and oxygen atoms in total. The average Bonchev–Trinajstić information content (AvgIpc) is 2.96. The van der Waals surface area contributed by atoms with Crippen LogP contribution in [0.2, 0.25) is 0 Å². The van der Waals surface area contributed by atoms with Gasteiger partial charge in [-0.1, -0.05) is 67.6 Å². The monoisotopic (exact) mass is 505 g/mol. The van der Waals surface area contributed by atoms with Gasteiger partial charge in [-0.05, 0) is 60.0 Å². The number of amides is 1. The molecular formula is C32H31N3O3. The third kappa shape index (κ3) is 4.71. The number of aromatic nitrogens is 2. The predicted molar refractivity (Wildman–Crippen MR) is 152 cm³/mol. The lowest BCUT2D eigenvalue weighted by Gasteiger charge is -2.31. The van der Waals surface area contributed by atoms with E-state index in [1.807, 2.05) is 91.9 Å². The molecule has 0 fully saturated rings. The third-order valence-corrected chi connectivity index (χ3v) is 7.05. The number of methoxy groups -OCH3 is 1. The molecule has 38 heavy (non-hydrogen) atoms. The lowest BCUT2D eigenvalue weighted by atomic mass is 10.1. The number of para-hydroxylation sites is 2. The zero-order chi connectivity index (χ0) is 26.6. The van der Waals surface area contributed by atoms with Crippen LogP contribution in [-0.4, -0.2) is 40.6 Å². The Morgan fingerprint density at radius 2 is 1.66 bits per heavy atom.